The molecule has 2 rings (SSSR count). The molecular formula is C19H23N3O. The highest BCUT2D eigenvalue weighted by molar-refractivity contribution is 5.95. The smallest absolute Gasteiger partial charge is 0.271 e. The van der Waals surface area contributed by atoms with E-state index >= 15 is 0 Å². The number of anilines is 1. The summed E-state index contributed by atoms with van der Waals surface area (Å²) < 4.78 is 0. The molecule has 120 valence electrons. The SMILES string of the molecule is CCN(CC)c1ccc(C(=O)N/N=C\c2ccc(C)cc2)cc1. The van der Waals surface area contributed by atoms with Crippen molar-refractivity contribution >= 4 is 17.8 Å². The second kappa shape index (κ2) is 8.13. The van der Waals surface area contributed by atoms with Crippen LogP contribution in [0.2, 0.25) is 0 Å². The Morgan fingerprint density at radius 1 is 1.04 bits per heavy atom. The highest BCUT2D eigenvalue weighted by Crippen LogP contribution is 2.14. The maximum absolute atomic E-state index is 12.1. The topological polar surface area (TPSA) is 44.7 Å². The standard InChI is InChI=1S/C19H23N3O/c1-4-22(5-2)18-12-10-17(11-13-18)19(23)21-20-14-16-8-6-15(3)7-9-16/h6-14H,4-5H2,1-3H3,(H,21,23)/b20-14-. The van der Waals surface area contributed by atoms with Gasteiger partial charge < -0.3 is 4.90 Å². The minimum absolute atomic E-state index is 0.209. The van der Waals surface area contributed by atoms with E-state index in [4.69, 9.17) is 0 Å². The van der Waals surface area contributed by atoms with Gasteiger partial charge >= 0.3 is 0 Å². The molecule has 1 N–H and O–H groups in total. The molecule has 0 unspecified atom stereocenters. The zero-order chi connectivity index (χ0) is 16.7. The third-order valence-corrected chi connectivity index (χ3v) is 3.72. The van der Waals surface area contributed by atoms with E-state index in [1.807, 2.05) is 55.5 Å². The molecule has 0 aliphatic carbocycles. The predicted molar refractivity (Wildman–Crippen MR) is 96.2 cm³/mol. The first kappa shape index (κ1) is 16.7. The van der Waals surface area contributed by atoms with E-state index in [2.05, 4.69) is 29.3 Å². The Hall–Kier alpha value is -2.62. The summed E-state index contributed by atoms with van der Waals surface area (Å²) in [5.41, 5.74) is 6.42. The number of hydrogen-bond donors (Lipinski definition) is 1. The zero-order valence-corrected chi connectivity index (χ0v) is 13.9. The van der Waals surface area contributed by atoms with Gasteiger partial charge in [0.15, 0.2) is 0 Å². The molecule has 0 fully saturated rings. The fourth-order valence-corrected chi connectivity index (χ4v) is 2.29. The Kier molecular flexibility index (Phi) is 5.92. The van der Waals surface area contributed by atoms with E-state index in [1.54, 1.807) is 6.21 Å². The van der Waals surface area contributed by atoms with Crippen LogP contribution in [0.15, 0.2) is 53.6 Å². The number of nitrogens with zero attached hydrogens (tertiary/aromatic N) is 2. The van der Waals surface area contributed by atoms with E-state index in [0.717, 1.165) is 24.3 Å². The number of aryl methyl sites for hydroxylation is 1. The number of hydrogen-bond acceptors (Lipinski definition) is 3. The lowest BCUT2D eigenvalue weighted by molar-refractivity contribution is 0.0955. The molecule has 0 aliphatic heterocycles. The first-order valence-corrected chi connectivity index (χ1v) is 7.89. The van der Waals surface area contributed by atoms with Crippen LogP contribution in [0.4, 0.5) is 5.69 Å². The van der Waals surface area contributed by atoms with Gasteiger partial charge in [-0.1, -0.05) is 29.8 Å². The number of amides is 1. The molecule has 0 aliphatic rings. The lowest BCUT2D eigenvalue weighted by Crippen LogP contribution is -2.22. The average molecular weight is 309 g/mol. The minimum atomic E-state index is -0.209. The van der Waals surface area contributed by atoms with E-state index in [0.29, 0.717) is 5.56 Å². The van der Waals surface area contributed by atoms with Gasteiger partial charge in [-0.3, -0.25) is 4.79 Å². The van der Waals surface area contributed by atoms with Gasteiger partial charge in [-0.25, -0.2) is 5.43 Å². The lowest BCUT2D eigenvalue weighted by Gasteiger charge is -2.20. The van der Waals surface area contributed by atoms with Crippen LogP contribution in [-0.2, 0) is 0 Å². The Bertz CT molecular complexity index is 656. The van der Waals surface area contributed by atoms with Crippen LogP contribution >= 0.6 is 0 Å². The normalized spacial score (nSPS) is 10.7. The van der Waals surface area contributed by atoms with Crippen LogP contribution < -0.4 is 10.3 Å². The van der Waals surface area contributed by atoms with Gasteiger partial charge in [0, 0.05) is 24.3 Å². The van der Waals surface area contributed by atoms with Crippen molar-refractivity contribution in [1.29, 1.82) is 0 Å². The molecule has 4 heteroatoms. The van der Waals surface area contributed by atoms with Crippen molar-refractivity contribution in [2.45, 2.75) is 20.8 Å². The summed E-state index contributed by atoms with van der Waals surface area (Å²) in [7, 11) is 0. The number of nitrogens with one attached hydrogen (secondary N) is 1. The molecule has 4 nitrogen and oxygen atoms in total. The summed E-state index contributed by atoms with van der Waals surface area (Å²) in [6, 6.07) is 15.5. The van der Waals surface area contributed by atoms with Crippen molar-refractivity contribution < 1.29 is 4.79 Å². The molecule has 0 heterocycles. The van der Waals surface area contributed by atoms with Crippen LogP contribution in [0.5, 0.6) is 0 Å². The van der Waals surface area contributed by atoms with Crippen LogP contribution in [0.3, 0.4) is 0 Å². The van der Waals surface area contributed by atoms with Gasteiger partial charge in [0.05, 0.1) is 6.21 Å². The molecule has 1 amide bonds. The predicted octanol–water partition coefficient (Wildman–Crippen LogP) is 3.61. The molecule has 0 saturated heterocycles. The molecule has 0 radical (unpaired) electrons. The van der Waals surface area contributed by atoms with Gasteiger partial charge in [-0.15, -0.1) is 0 Å². The van der Waals surface area contributed by atoms with Gasteiger partial charge in [0.1, 0.15) is 0 Å². The number of carbonyl (C=O) groups excluding carboxylic acids is 1. The van der Waals surface area contributed by atoms with Gasteiger partial charge in [0.2, 0.25) is 0 Å². The number of hydrazone groups is 1. The largest absolute Gasteiger partial charge is 0.372 e. The zero-order valence-electron chi connectivity index (χ0n) is 13.9. The molecule has 2 aromatic carbocycles. The quantitative estimate of drug-likeness (QED) is 0.654. The second-order valence-corrected chi connectivity index (χ2v) is 5.33. The first-order valence-electron chi connectivity index (χ1n) is 7.89. The summed E-state index contributed by atoms with van der Waals surface area (Å²) >= 11 is 0. The Labute approximate surface area is 137 Å². The van der Waals surface area contributed by atoms with Crippen molar-refractivity contribution in [3.63, 3.8) is 0 Å². The van der Waals surface area contributed by atoms with Crippen molar-refractivity contribution in [2.75, 3.05) is 18.0 Å². The molecule has 2 aromatic rings. The Morgan fingerprint density at radius 2 is 1.65 bits per heavy atom. The number of rotatable bonds is 6. The van der Waals surface area contributed by atoms with Crippen molar-refractivity contribution in [3.05, 3.63) is 65.2 Å². The summed E-state index contributed by atoms with van der Waals surface area (Å²) in [5, 5.41) is 4.00. The van der Waals surface area contributed by atoms with Crippen LogP contribution in [0.25, 0.3) is 0 Å². The summed E-state index contributed by atoms with van der Waals surface area (Å²) in [5.74, 6) is -0.209. The number of carbonyl (C=O) groups is 1. The molecule has 0 spiro atoms. The average Bonchev–Trinajstić information content (AvgIpc) is 2.58. The van der Waals surface area contributed by atoms with Crippen molar-refractivity contribution in [1.82, 2.24) is 5.43 Å². The Morgan fingerprint density at radius 3 is 2.22 bits per heavy atom. The van der Waals surface area contributed by atoms with Gasteiger partial charge in [-0.2, -0.15) is 5.10 Å². The monoisotopic (exact) mass is 309 g/mol. The third-order valence-electron chi connectivity index (χ3n) is 3.72. The van der Waals surface area contributed by atoms with Crippen molar-refractivity contribution in [3.8, 4) is 0 Å². The minimum Gasteiger partial charge on any atom is -0.372 e. The molecular weight excluding hydrogens is 286 g/mol. The Balaban J connectivity index is 1.96. The molecule has 0 aromatic heterocycles. The van der Waals surface area contributed by atoms with Crippen LogP contribution in [0.1, 0.15) is 35.3 Å². The number of benzene rings is 2. The van der Waals surface area contributed by atoms with E-state index in [9.17, 15) is 4.79 Å². The summed E-state index contributed by atoms with van der Waals surface area (Å²) in [6.45, 7) is 8.16. The fraction of sp³-hybridized carbons (Fsp3) is 0.263. The second-order valence-electron chi connectivity index (χ2n) is 5.33. The van der Waals surface area contributed by atoms with Gasteiger partial charge in [0.25, 0.3) is 5.91 Å². The first-order chi connectivity index (χ1) is 11.1. The third kappa shape index (κ3) is 4.68. The highest BCUT2D eigenvalue weighted by atomic mass is 16.2. The fourth-order valence-electron chi connectivity index (χ4n) is 2.29. The van der Waals surface area contributed by atoms with E-state index in [1.165, 1.54) is 5.56 Å². The lowest BCUT2D eigenvalue weighted by atomic mass is 10.2. The molecule has 0 saturated carbocycles. The summed E-state index contributed by atoms with van der Waals surface area (Å²) in [6.07, 6.45) is 1.64. The van der Waals surface area contributed by atoms with Crippen LogP contribution in [-0.4, -0.2) is 25.2 Å². The molecule has 0 bridgehead atoms. The van der Waals surface area contributed by atoms with E-state index in [-0.39, 0.29) is 5.91 Å². The van der Waals surface area contributed by atoms with E-state index < -0.39 is 0 Å². The molecule has 23 heavy (non-hydrogen) atoms. The highest BCUT2D eigenvalue weighted by Gasteiger charge is 2.06. The maximum Gasteiger partial charge on any atom is 0.271 e. The maximum atomic E-state index is 12.1. The summed E-state index contributed by atoms with van der Waals surface area (Å²) in [4.78, 5) is 14.3. The van der Waals surface area contributed by atoms with Crippen LogP contribution in [0, 0.1) is 6.92 Å². The van der Waals surface area contributed by atoms with Gasteiger partial charge in [-0.05, 0) is 50.6 Å². The molecule has 0 atom stereocenters. The van der Waals surface area contributed by atoms with Crippen molar-refractivity contribution in [2.24, 2.45) is 5.10 Å².